The molecule has 2 atom stereocenters. The minimum Gasteiger partial charge on any atom is -0.390 e. The molecule has 40 heavy (non-hydrogen) atoms. The first kappa shape index (κ1) is 29.4. The van der Waals surface area contributed by atoms with Crippen LogP contribution in [0.5, 0.6) is 0 Å². The lowest BCUT2D eigenvalue weighted by Gasteiger charge is -2.25. The van der Waals surface area contributed by atoms with E-state index in [1.165, 1.54) is 17.7 Å². The number of carbonyl (C=O) groups excluding carboxylic acids is 1. The fourth-order valence-corrected chi connectivity index (χ4v) is 5.12. The normalized spacial score (nSPS) is 12.9. The molecule has 7 heteroatoms. The van der Waals surface area contributed by atoms with Crippen LogP contribution in [0.3, 0.4) is 0 Å². The van der Waals surface area contributed by atoms with Crippen molar-refractivity contribution in [2.45, 2.75) is 71.7 Å². The van der Waals surface area contributed by atoms with E-state index in [2.05, 4.69) is 47.2 Å². The number of aromatic nitrogens is 1. The molecule has 212 valence electrons. The van der Waals surface area contributed by atoms with Crippen molar-refractivity contribution in [1.82, 2.24) is 15.2 Å². The predicted molar refractivity (Wildman–Crippen MR) is 156 cm³/mol. The standard InChI is InChI=1S/C33H39F2N3O2/c1-4-6-11-38-12-10-29-22(3)13-26(18-31(29)38)33(40)37-30(17-25-15-27(34)19-28(35)16-25)32(39)21-36-20-24-9-7-8-23(5-2)14-24/h7-10,12-16,18-19,30,32,36,39H,4-6,11,17,20-21H2,1-3H3,(H,37,40). The summed E-state index contributed by atoms with van der Waals surface area (Å²) in [7, 11) is 0. The van der Waals surface area contributed by atoms with Crippen molar-refractivity contribution in [2.24, 2.45) is 0 Å². The van der Waals surface area contributed by atoms with Crippen LogP contribution in [0, 0.1) is 18.6 Å². The number of amides is 1. The van der Waals surface area contributed by atoms with Crippen LogP contribution in [0.4, 0.5) is 8.78 Å². The minimum absolute atomic E-state index is 0.0721. The van der Waals surface area contributed by atoms with Gasteiger partial charge in [0.05, 0.1) is 12.1 Å². The van der Waals surface area contributed by atoms with Gasteiger partial charge in [-0.15, -0.1) is 0 Å². The fraction of sp³-hybridized carbons (Fsp3) is 0.364. The summed E-state index contributed by atoms with van der Waals surface area (Å²) in [6, 6.07) is 16.5. The van der Waals surface area contributed by atoms with Crippen LogP contribution in [0.25, 0.3) is 10.9 Å². The average molecular weight is 548 g/mol. The van der Waals surface area contributed by atoms with E-state index in [-0.39, 0.29) is 18.9 Å². The predicted octanol–water partition coefficient (Wildman–Crippen LogP) is 6.08. The monoisotopic (exact) mass is 547 g/mol. The molecule has 0 saturated heterocycles. The molecule has 0 bridgehead atoms. The number of hydrogen-bond acceptors (Lipinski definition) is 3. The van der Waals surface area contributed by atoms with E-state index in [1.54, 1.807) is 0 Å². The number of nitrogens with zero attached hydrogens (tertiary/aromatic N) is 1. The lowest BCUT2D eigenvalue weighted by atomic mass is 9.99. The first-order chi connectivity index (χ1) is 19.3. The molecule has 1 heterocycles. The number of benzene rings is 3. The summed E-state index contributed by atoms with van der Waals surface area (Å²) in [5.74, 6) is -1.74. The van der Waals surface area contributed by atoms with Gasteiger partial charge in [0.1, 0.15) is 11.6 Å². The van der Waals surface area contributed by atoms with Crippen molar-refractivity contribution in [2.75, 3.05) is 6.54 Å². The fourth-order valence-electron chi connectivity index (χ4n) is 5.12. The zero-order chi connectivity index (χ0) is 28.6. The third-order valence-corrected chi connectivity index (χ3v) is 7.35. The van der Waals surface area contributed by atoms with Crippen molar-refractivity contribution >= 4 is 16.8 Å². The Morgan fingerprint density at radius 2 is 1.73 bits per heavy atom. The molecule has 0 spiro atoms. The van der Waals surface area contributed by atoms with Gasteiger partial charge in [-0.05, 0) is 78.8 Å². The Labute approximate surface area is 235 Å². The van der Waals surface area contributed by atoms with Crippen molar-refractivity contribution in [3.05, 3.63) is 106 Å². The molecular formula is C33H39F2N3O2. The van der Waals surface area contributed by atoms with Crippen LogP contribution in [0.2, 0.25) is 0 Å². The molecule has 0 aliphatic heterocycles. The van der Waals surface area contributed by atoms with Gasteiger partial charge in [-0.3, -0.25) is 4.79 Å². The quantitative estimate of drug-likeness (QED) is 0.190. The van der Waals surface area contributed by atoms with Gasteiger partial charge in [0.2, 0.25) is 0 Å². The molecule has 3 N–H and O–H groups in total. The molecule has 0 fully saturated rings. The maximum Gasteiger partial charge on any atom is 0.251 e. The van der Waals surface area contributed by atoms with Gasteiger partial charge < -0.3 is 20.3 Å². The molecule has 1 amide bonds. The Kier molecular flexibility index (Phi) is 10.1. The number of halogens is 2. The molecule has 0 aliphatic carbocycles. The van der Waals surface area contributed by atoms with E-state index in [9.17, 15) is 18.7 Å². The van der Waals surface area contributed by atoms with E-state index < -0.39 is 23.8 Å². The number of aryl methyl sites for hydroxylation is 3. The SMILES string of the molecule is CCCCn1ccc2c(C)cc(C(=O)NC(Cc3cc(F)cc(F)c3)C(O)CNCc3cccc(CC)c3)cc21. The second-order valence-corrected chi connectivity index (χ2v) is 10.5. The Morgan fingerprint density at radius 3 is 2.45 bits per heavy atom. The molecule has 4 rings (SSSR count). The van der Waals surface area contributed by atoms with E-state index in [1.807, 2.05) is 37.4 Å². The van der Waals surface area contributed by atoms with Crippen LogP contribution < -0.4 is 10.6 Å². The molecular weight excluding hydrogens is 508 g/mol. The van der Waals surface area contributed by atoms with Crippen molar-refractivity contribution in [1.29, 1.82) is 0 Å². The van der Waals surface area contributed by atoms with Crippen molar-refractivity contribution < 1.29 is 18.7 Å². The second kappa shape index (κ2) is 13.7. The smallest absolute Gasteiger partial charge is 0.251 e. The lowest BCUT2D eigenvalue weighted by molar-refractivity contribution is 0.0830. The molecule has 5 nitrogen and oxygen atoms in total. The van der Waals surface area contributed by atoms with Gasteiger partial charge in [-0.25, -0.2) is 8.78 Å². The molecule has 0 saturated carbocycles. The van der Waals surface area contributed by atoms with Crippen molar-refractivity contribution in [3.63, 3.8) is 0 Å². The highest BCUT2D eigenvalue weighted by Gasteiger charge is 2.24. The van der Waals surface area contributed by atoms with Gasteiger partial charge in [0, 0.05) is 48.4 Å². The number of nitrogens with one attached hydrogen (secondary N) is 2. The van der Waals surface area contributed by atoms with Crippen LogP contribution in [0.1, 0.15) is 59.3 Å². The summed E-state index contributed by atoms with van der Waals surface area (Å²) >= 11 is 0. The van der Waals surface area contributed by atoms with E-state index in [0.29, 0.717) is 17.7 Å². The van der Waals surface area contributed by atoms with Gasteiger partial charge in [-0.1, -0.05) is 44.5 Å². The van der Waals surface area contributed by atoms with Crippen molar-refractivity contribution in [3.8, 4) is 0 Å². The summed E-state index contributed by atoms with van der Waals surface area (Å²) in [5, 5.41) is 18.5. The number of aliphatic hydroxyl groups excluding tert-OH is 1. The average Bonchev–Trinajstić information content (AvgIpc) is 3.34. The number of unbranched alkanes of at least 4 members (excludes halogenated alkanes) is 1. The molecule has 1 aromatic heterocycles. The van der Waals surface area contributed by atoms with Gasteiger partial charge in [-0.2, -0.15) is 0 Å². The zero-order valence-corrected chi connectivity index (χ0v) is 23.5. The van der Waals surface area contributed by atoms with Crippen LogP contribution in [0.15, 0.2) is 66.9 Å². The molecule has 0 radical (unpaired) electrons. The summed E-state index contributed by atoms with van der Waals surface area (Å²) < 4.78 is 30.0. The van der Waals surface area contributed by atoms with Gasteiger partial charge in [0.15, 0.2) is 0 Å². The molecule has 4 aromatic rings. The number of aliphatic hydroxyl groups is 1. The topological polar surface area (TPSA) is 66.3 Å². The van der Waals surface area contributed by atoms with Gasteiger partial charge in [0.25, 0.3) is 5.91 Å². The molecule has 2 unspecified atom stereocenters. The van der Waals surface area contributed by atoms with E-state index >= 15 is 0 Å². The van der Waals surface area contributed by atoms with Crippen LogP contribution in [-0.4, -0.2) is 34.3 Å². The summed E-state index contributed by atoms with van der Waals surface area (Å²) in [6.07, 6.45) is 4.15. The summed E-state index contributed by atoms with van der Waals surface area (Å²) in [4.78, 5) is 13.5. The Bertz CT molecular complexity index is 1430. The molecule has 0 aliphatic rings. The summed E-state index contributed by atoms with van der Waals surface area (Å²) in [5.41, 5.74) is 5.13. The third kappa shape index (κ3) is 7.55. The second-order valence-electron chi connectivity index (χ2n) is 10.5. The largest absolute Gasteiger partial charge is 0.390 e. The van der Waals surface area contributed by atoms with E-state index in [4.69, 9.17) is 0 Å². The number of fused-ring (bicyclic) bond motifs is 1. The highest BCUT2D eigenvalue weighted by Crippen LogP contribution is 2.23. The zero-order valence-electron chi connectivity index (χ0n) is 23.5. The van der Waals surface area contributed by atoms with Gasteiger partial charge >= 0.3 is 0 Å². The highest BCUT2D eigenvalue weighted by molar-refractivity contribution is 5.99. The molecule has 3 aromatic carbocycles. The Balaban J connectivity index is 1.53. The first-order valence-electron chi connectivity index (χ1n) is 14.1. The number of rotatable bonds is 13. The maximum absolute atomic E-state index is 13.9. The first-order valence-corrected chi connectivity index (χ1v) is 14.1. The number of hydrogen-bond donors (Lipinski definition) is 3. The Hall–Kier alpha value is -3.55. The minimum atomic E-state index is -0.997. The number of carbonyl (C=O) groups is 1. The lowest BCUT2D eigenvalue weighted by Crippen LogP contribution is -2.48. The van der Waals surface area contributed by atoms with Crippen LogP contribution in [-0.2, 0) is 25.9 Å². The third-order valence-electron chi connectivity index (χ3n) is 7.35. The maximum atomic E-state index is 13.9. The summed E-state index contributed by atoms with van der Waals surface area (Å²) in [6.45, 7) is 7.82. The van der Waals surface area contributed by atoms with Crippen LogP contribution >= 0.6 is 0 Å². The highest BCUT2D eigenvalue weighted by atomic mass is 19.1. The Morgan fingerprint density at radius 1 is 0.975 bits per heavy atom. The van der Waals surface area contributed by atoms with E-state index in [0.717, 1.165) is 53.9 Å².